The highest BCUT2D eigenvalue weighted by atomic mass is 79.9. The highest BCUT2D eigenvalue weighted by molar-refractivity contribution is 9.10. The van der Waals surface area contributed by atoms with Gasteiger partial charge in [0, 0.05) is 10.4 Å². The molecule has 2 rings (SSSR count). The third-order valence-electron chi connectivity index (χ3n) is 2.99. The van der Waals surface area contributed by atoms with Gasteiger partial charge in [-0.25, -0.2) is 0 Å². The third kappa shape index (κ3) is 2.73. The van der Waals surface area contributed by atoms with Crippen molar-refractivity contribution in [2.24, 2.45) is 11.7 Å². The van der Waals surface area contributed by atoms with Crippen LogP contribution < -0.4 is 10.5 Å². The summed E-state index contributed by atoms with van der Waals surface area (Å²) in [5, 5.41) is 0. The van der Waals surface area contributed by atoms with Crippen LogP contribution in [0.15, 0.2) is 28.7 Å². The standard InChI is InChI=1S/C12H16BrNO/c13-10-4-6-11(7-5-10)15-12-3-1-2-9(12)8-14/h4-7,9,12H,1-3,8,14H2. The monoisotopic (exact) mass is 269 g/mol. The lowest BCUT2D eigenvalue weighted by Gasteiger charge is -2.19. The number of halogens is 1. The Kier molecular flexibility index (Phi) is 3.65. The Bertz CT molecular complexity index is 312. The van der Waals surface area contributed by atoms with Crippen molar-refractivity contribution in [3.05, 3.63) is 28.7 Å². The fourth-order valence-corrected chi connectivity index (χ4v) is 2.38. The third-order valence-corrected chi connectivity index (χ3v) is 3.52. The first-order chi connectivity index (χ1) is 7.29. The summed E-state index contributed by atoms with van der Waals surface area (Å²) < 4.78 is 7.01. The van der Waals surface area contributed by atoms with E-state index in [-0.39, 0.29) is 0 Å². The zero-order chi connectivity index (χ0) is 10.7. The second kappa shape index (κ2) is 4.99. The second-order valence-electron chi connectivity index (χ2n) is 4.04. The van der Waals surface area contributed by atoms with Crippen molar-refractivity contribution in [3.63, 3.8) is 0 Å². The van der Waals surface area contributed by atoms with Crippen molar-refractivity contribution in [1.82, 2.24) is 0 Å². The summed E-state index contributed by atoms with van der Waals surface area (Å²) in [5.41, 5.74) is 5.71. The van der Waals surface area contributed by atoms with Gasteiger partial charge in [0.1, 0.15) is 11.9 Å². The number of ether oxygens (including phenoxy) is 1. The lowest BCUT2D eigenvalue weighted by Crippen LogP contribution is -2.27. The van der Waals surface area contributed by atoms with Crippen molar-refractivity contribution < 1.29 is 4.74 Å². The van der Waals surface area contributed by atoms with E-state index in [4.69, 9.17) is 10.5 Å². The van der Waals surface area contributed by atoms with Crippen LogP contribution in [0.1, 0.15) is 19.3 Å². The van der Waals surface area contributed by atoms with Crippen molar-refractivity contribution in [3.8, 4) is 5.75 Å². The zero-order valence-corrected chi connectivity index (χ0v) is 10.2. The van der Waals surface area contributed by atoms with Crippen molar-refractivity contribution in [2.75, 3.05) is 6.54 Å². The summed E-state index contributed by atoms with van der Waals surface area (Å²) in [5.74, 6) is 1.48. The molecule has 2 nitrogen and oxygen atoms in total. The SMILES string of the molecule is NCC1CCCC1Oc1ccc(Br)cc1. The molecule has 3 heteroatoms. The Morgan fingerprint density at radius 2 is 2.00 bits per heavy atom. The van der Waals surface area contributed by atoms with Gasteiger partial charge < -0.3 is 10.5 Å². The molecule has 0 amide bonds. The van der Waals surface area contributed by atoms with Crippen LogP contribution in [0.4, 0.5) is 0 Å². The first-order valence-electron chi connectivity index (χ1n) is 5.42. The largest absolute Gasteiger partial charge is 0.490 e. The molecule has 1 saturated carbocycles. The van der Waals surface area contributed by atoms with E-state index in [1.165, 1.54) is 12.8 Å². The molecule has 1 aromatic rings. The van der Waals surface area contributed by atoms with Gasteiger partial charge in [0.2, 0.25) is 0 Å². The van der Waals surface area contributed by atoms with Gasteiger partial charge in [0.25, 0.3) is 0 Å². The van der Waals surface area contributed by atoms with E-state index in [1.807, 2.05) is 24.3 Å². The summed E-state index contributed by atoms with van der Waals surface area (Å²) in [6.07, 6.45) is 3.90. The van der Waals surface area contributed by atoms with Crippen LogP contribution in [0, 0.1) is 5.92 Å². The maximum Gasteiger partial charge on any atom is 0.119 e. The molecule has 2 unspecified atom stereocenters. The minimum atomic E-state index is 0.316. The minimum Gasteiger partial charge on any atom is -0.490 e. The molecule has 2 atom stereocenters. The van der Waals surface area contributed by atoms with Crippen LogP contribution in [0.25, 0.3) is 0 Å². The Hall–Kier alpha value is -0.540. The summed E-state index contributed by atoms with van der Waals surface area (Å²) in [6, 6.07) is 8.00. The molecule has 1 fully saturated rings. The summed E-state index contributed by atoms with van der Waals surface area (Å²) in [4.78, 5) is 0. The fourth-order valence-electron chi connectivity index (χ4n) is 2.12. The molecule has 1 aliphatic carbocycles. The maximum atomic E-state index is 5.93. The zero-order valence-electron chi connectivity index (χ0n) is 8.66. The highest BCUT2D eigenvalue weighted by Gasteiger charge is 2.27. The summed E-state index contributed by atoms with van der Waals surface area (Å²) >= 11 is 3.41. The number of benzene rings is 1. The molecule has 0 heterocycles. The lowest BCUT2D eigenvalue weighted by atomic mass is 10.1. The molecule has 0 spiro atoms. The molecular weight excluding hydrogens is 254 g/mol. The van der Waals surface area contributed by atoms with E-state index in [1.54, 1.807) is 0 Å². The highest BCUT2D eigenvalue weighted by Crippen LogP contribution is 2.29. The Morgan fingerprint density at radius 1 is 1.27 bits per heavy atom. The van der Waals surface area contributed by atoms with Gasteiger partial charge in [-0.05, 0) is 50.1 Å². The van der Waals surface area contributed by atoms with Gasteiger partial charge in [0.05, 0.1) is 0 Å². The summed E-state index contributed by atoms with van der Waals surface area (Å²) in [7, 11) is 0. The predicted molar refractivity (Wildman–Crippen MR) is 65.0 cm³/mol. The van der Waals surface area contributed by atoms with Crippen LogP contribution in [0.3, 0.4) is 0 Å². The first-order valence-corrected chi connectivity index (χ1v) is 6.21. The van der Waals surface area contributed by atoms with E-state index in [2.05, 4.69) is 15.9 Å². The molecule has 0 saturated heterocycles. The van der Waals surface area contributed by atoms with Crippen molar-refractivity contribution >= 4 is 15.9 Å². The quantitative estimate of drug-likeness (QED) is 0.916. The normalized spacial score (nSPS) is 25.5. The number of rotatable bonds is 3. The van der Waals surface area contributed by atoms with Gasteiger partial charge >= 0.3 is 0 Å². The van der Waals surface area contributed by atoms with Gasteiger partial charge in [-0.1, -0.05) is 15.9 Å². The summed E-state index contributed by atoms with van der Waals surface area (Å²) in [6.45, 7) is 0.737. The van der Waals surface area contributed by atoms with E-state index in [0.29, 0.717) is 12.0 Å². The van der Waals surface area contributed by atoms with E-state index in [9.17, 15) is 0 Å². The molecule has 15 heavy (non-hydrogen) atoms. The van der Waals surface area contributed by atoms with Crippen LogP contribution in [0.5, 0.6) is 5.75 Å². The van der Waals surface area contributed by atoms with Crippen LogP contribution in [-0.2, 0) is 0 Å². The van der Waals surface area contributed by atoms with E-state index < -0.39 is 0 Å². The average molecular weight is 270 g/mol. The van der Waals surface area contributed by atoms with Gasteiger partial charge in [-0.3, -0.25) is 0 Å². The smallest absolute Gasteiger partial charge is 0.119 e. The minimum absolute atomic E-state index is 0.316. The molecular formula is C12H16BrNO. The predicted octanol–water partition coefficient (Wildman–Crippen LogP) is 2.96. The van der Waals surface area contributed by atoms with E-state index in [0.717, 1.165) is 23.2 Å². The number of hydrogen-bond acceptors (Lipinski definition) is 2. The topological polar surface area (TPSA) is 35.2 Å². The van der Waals surface area contributed by atoms with Crippen molar-refractivity contribution in [2.45, 2.75) is 25.4 Å². The molecule has 1 aromatic carbocycles. The van der Waals surface area contributed by atoms with Crippen LogP contribution in [-0.4, -0.2) is 12.6 Å². The van der Waals surface area contributed by atoms with Crippen LogP contribution in [0.2, 0.25) is 0 Å². The Labute approximate surface area is 98.9 Å². The molecule has 0 radical (unpaired) electrons. The van der Waals surface area contributed by atoms with Gasteiger partial charge in [0.15, 0.2) is 0 Å². The average Bonchev–Trinajstić information content (AvgIpc) is 2.69. The molecule has 0 aliphatic heterocycles. The van der Waals surface area contributed by atoms with Crippen molar-refractivity contribution in [1.29, 1.82) is 0 Å². The number of nitrogens with two attached hydrogens (primary N) is 1. The molecule has 82 valence electrons. The van der Waals surface area contributed by atoms with Crippen LogP contribution >= 0.6 is 15.9 Å². The molecule has 1 aliphatic rings. The van der Waals surface area contributed by atoms with E-state index >= 15 is 0 Å². The van der Waals surface area contributed by atoms with Gasteiger partial charge in [-0.15, -0.1) is 0 Å². The molecule has 2 N–H and O–H groups in total. The Balaban J connectivity index is 1.99. The van der Waals surface area contributed by atoms with Gasteiger partial charge in [-0.2, -0.15) is 0 Å². The first kappa shape index (κ1) is 11.0. The second-order valence-corrected chi connectivity index (χ2v) is 4.95. The molecule has 0 aromatic heterocycles. The Morgan fingerprint density at radius 3 is 2.67 bits per heavy atom. The fraction of sp³-hybridized carbons (Fsp3) is 0.500. The number of hydrogen-bond donors (Lipinski definition) is 1. The molecule has 0 bridgehead atoms. The lowest BCUT2D eigenvalue weighted by molar-refractivity contribution is 0.162. The maximum absolute atomic E-state index is 5.93.